The van der Waals surface area contributed by atoms with Gasteiger partial charge in [0.05, 0.1) is 11.7 Å². The topological polar surface area (TPSA) is 105 Å². The van der Waals surface area contributed by atoms with Crippen molar-refractivity contribution < 1.29 is 13.6 Å². The molecule has 0 aliphatic carbocycles. The van der Waals surface area contributed by atoms with Crippen LogP contribution in [0, 0.1) is 0 Å². The molecular formula is C13H21N3O3S. The second-order valence-electron chi connectivity index (χ2n) is 4.43. The molecule has 0 heterocycles. The van der Waals surface area contributed by atoms with Crippen LogP contribution in [0.5, 0.6) is 0 Å². The van der Waals surface area contributed by atoms with Crippen LogP contribution in [-0.2, 0) is 9.84 Å². The number of nitrogens with zero attached hydrogens (tertiary/aromatic N) is 1. The van der Waals surface area contributed by atoms with Gasteiger partial charge in [-0.25, -0.2) is 8.42 Å². The van der Waals surface area contributed by atoms with Gasteiger partial charge >= 0.3 is 0 Å². The maximum atomic E-state index is 11.4. The Labute approximate surface area is 119 Å². The molecule has 1 rings (SSSR count). The van der Waals surface area contributed by atoms with Crippen molar-refractivity contribution >= 4 is 15.7 Å². The number of amidine groups is 1. The maximum Gasteiger partial charge on any atom is 0.151 e. The number of nitrogens with one attached hydrogen (secondary N) is 1. The van der Waals surface area contributed by atoms with E-state index in [0.717, 1.165) is 5.56 Å². The lowest BCUT2D eigenvalue weighted by molar-refractivity contribution is 0.315. The summed E-state index contributed by atoms with van der Waals surface area (Å²) < 4.78 is 22.8. The summed E-state index contributed by atoms with van der Waals surface area (Å²) in [5.41, 5.74) is 6.60. The van der Waals surface area contributed by atoms with E-state index in [0.29, 0.717) is 13.1 Å². The van der Waals surface area contributed by atoms with E-state index in [-0.39, 0.29) is 23.3 Å². The molecule has 4 N–H and O–H groups in total. The first-order valence-corrected chi connectivity index (χ1v) is 8.25. The molecule has 1 unspecified atom stereocenters. The molecular weight excluding hydrogens is 278 g/mol. The zero-order valence-electron chi connectivity index (χ0n) is 11.5. The van der Waals surface area contributed by atoms with Crippen LogP contribution in [0.15, 0.2) is 35.5 Å². The third-order valence-corrected chi connectivity index (χ3v) is 4.76. The second kappa shape index (κ2) is 7.86. The summed E-state index contributed by atoms with van der Waals surface area (Å²) in [5.74, 6) is 0.0330. The van der Waals surface area contributed by atoms with Crippen LogP contribution in [0.25, 0.3) is 0 Å². The standard InChI is InChI=1S/C13H21N3O3S/c1-2-20(18,19)9-8-15-10-12(13(14)16-17)11-6-4-3-5-7-11/h3-7,12,15,17H,2,8-10H2,1H3,(H2,14,16). The largest absolute Gasteiger partial charge is 0.409 e. The Bertz CT molecular complexity index is 529. The van der Waals surface area contributed by atoms with Crippen LogP contribution in [-0.4, -0.2) is 44.1 Å². The number of oxime groups is 1. The van der Waals surface area contributed by atoms with Crippen LogP contribution in [0.1, 0.15) is 18.4 Å². The van der Waals surface area contributed by atoms with Crippen molar-refractivity contribution in [2.75, 3.05) is 24.6 Å². The highest BCUT2D eigenvalue weighted by atomic mass is 32.2. The first-order chi connectivity index (χ1) is 9.50. The number of benzene rings is 1. The van der Waals surface area contributed by atoms with E-state index in [1.807, 2.05) is 30.3 Å². The summed E-state index contributed by atoms with van der Waals surface area (Å²) in [6, 6.07) is 9.39. The molecule has 6 nitrogen and oxygen atoms in total. The summed E-state index contributed by atoms with van der Waals surface area (Å²) >= 11 is 0. The lowest BCUT2D eigenvalue weighted by Crippen LogP contribution is -2.34. The number of rotatable bonds is 8. The van der Waals surface area contributed by atoms with Gasteiger partial charge in [0.15, 0.2) is 9.84 Å². The van der Waals surface area contributed by atoms with Crippen molar-refractivity contribution in [3.8, 4) is 0 Å². The summed E-state index contributed by atoms with van der Waals surface area (Å²) in [7, 11) is -2.98. The minimum atomic E-state index is -2.98. The van der Waals surface area contributed by atoms with Crippen LogP contribution < -0.4 is 11.1 Å². The molecule has 0 fully saturated rings. The Hall–Kier alpha value is -1.60. The molecule has 0 aliphatic rings. The van der Waals surface area contributed by atoms with Crippen molar-refractivity contribution in [1.29, 1.82) is 0 Å². The van der Waals surface area contributed by atoms with Crippen molar-refractivity contribution in [3.63, 3.8) is 0 Å². The van der Waals surface area contributed by atoms with E-state index >= 15 is 0 Å². The van der Waals surface area contributed by atoms with E-state index in [9.17, 15) is 8.42 Å². The maximum absolute atomic E-state index is 11.4. The van der Waals surface area contributed by atoms with Crippen LogP contribution >= 0.6 is 0 Å². The van der Waals surface area contributed by atoms with Crippen LogP contribution in [0.2, 0.25) is 0 Å². The van der Waals surface area contributed by atoms with Gasteiger partial charge < -0.3 is 16.3 Å². The Balaban J connectivity index is 2.60. The van der Waals surface area contributed by atoms with Crippen molar-refractivity contribution in [2.45, 2.75) is 12.8 Å². The Morgan fingerprint density at radius 3 is 2.60 bits per heavy atom. The quantitative estimate of drug-likeness (QED) is 0.214. The van der Waals surface area contributed by atoms with Crippen LogP contribution in [0.4, 0.5) is 0 Å². The molecule has 112 valence electrons. The van der Waals surface area contributed by atoms with Gasteiger partial charge in [0.25, 0.3) is 0 Å². The predicted octanol–water partition coefficient (Wildman–Crippen LogP) is 0.541. The van der Waals surface area contributed by atoms with E-state index in [1.165, 1.54) is 0 Å². The van der Waals surface area contributed by atoms with E-state index < -0.39 is 9.84 Å². The fraction of sp³-hybridized carbons (Fsp3) is 0.462. The molecule has 0 bridgehead atoms. The molecule has 0 aliphatic heterocycles. The zero-order chi connectivity index (χ0) is 15.0. The van der Waals surface area contributed by atoms with Crippen molar-refractivity contribution in [3.05, 3.63) is 35.9 Å². The van der Waals surface area contributed by atoms with Crippen LogP contribution in [0.3, 0.4) is 0 Å². The van der Waals surface area contributed by atoms with E-state index in [1.54, 1.807) is 6.92 Å². The molecule has 0 radical (unpaired) electrons. The molecule has 0 amide bonds. The highest BCUT2D eigenvalue weighted by Gasteiger charge is 2.16. The predicted molar refractivity (Wildman–Crippen MR) is 79.8 cm³/mol. The molecule has 1 atom stereocenters. The Morgan fingerprint density at radius 2 is 2.05 bits per heavy atom. The highest BCUT2D eigenvalue weighted by Crippen LogP contribution is 2.14. The van der Waals surface area contributed by atoms with Gasteiger partial charge in [0.2, 0.25) is 0 Å². The Morgan fingerprint density at radius 1 is 1.40 bits per heavy atom. The number of hydrogen-bond acceptors (Lipinski definition) is 5. The second-order valence-corrected chi connectivity index (χ2v) is 6.90. The molecule has 0 aromatic heterocycles. The lowest BCUT2D eigenvalue weighted by atomic mass is 9.98. The van der Waals surface area contributed by atoms with E-state index in [2.05, 4.69) is 10.5 Å². The molecule has 1 aromatic rings. The van der Waals surface area contributed by atoms with Crippen molar-refractivity contribution in [1.82, 2.24) is 5.32 Å². The fourth-order valence-electron chi connectivity index (χ4n) is 1.77. The van der Waals surface area contributed by atoms with Gasteiger partial charge in [0, 0.05) is 18.8 Å². The lowest BCUT2D eigenvalue weighted by Gasteiger charge is -2.16. The molecule has 1 aromatic carbocycles. The normalized spacial score (nSPS) is 14.2. The van der Waals surface area contributed by atoms with Gasteiger partial charge in [0.1, 0.15) is 5.84 Å². The molecule has 20 heavy (non-hydrogen) atoms. The van der Waals surface area contributed by atoms with Crippen molar-refractivity contribution in [2.24, 2.45) is 10.9 Å². The van der Waals surface area contributed by atoms with Gasteiger partial charge in [-0.15, -0.1) is 0 Å². The zero-order valence-corrected chi connectivity index (χ0v) is 12.3. The average Bonchev–Trinajstić information content (AvgIpc) is 2.47. The van der Waals surface area contributed by atoms with E-state index in [4.69, 9.17) is 10.9 Å². The molecule has 0 spiro atoms. The van der Waals surface area contributed by atoms with Gasteiger partial charge in [-0.05, 0) is 5.56 Å². The summed E-state index contributed by atoms with van der Waals surface area (Å²) in [5, 5.41) is 14.9. The number of hydrogen-bond donors (Lipinski definition) is 3. The first kappa shape index (κ1) is 16.5. The van der Waals surface area contributed by atoms with Gasteiger partial charge in [-0.3, -0.25) is 0 Å². The SMILES string of the molecule is CCS(=O)(=O)CCNCC(/C(N)=N/O)c1ccccc1. The Kier molecular flexibility index (Phi) is 6.47. The summed E-state index contributed by atoms with van der Waals surface area (Å²) in [6.45, 7) is 2.38. The third kappa shape index (κ3) is 5.18. The smallest absolute Gasteiger partial charge is 0.151 e. The molecule has 0 saturated carbocycles. The summed E-state index contributed by atoms with van der Waals surface area (Å²) in [4.78, 5) is 0. The fourth-order valence-corrected chi connectivity index (χ4v) is 2.51. The molecule has 7 heteroatoms. The molecule has 0 saturated heterocycles. The van der Waals surface area contributed by atoms with Gasteiger partial charge in [-0.2, -0.15) is 0 Å². The third-order valence-electron chi connectivity index (χ3n) is 3.05. The monoisotopic (exact) mass is 299 g/mol. The minimum absolute atomic E-state index is 0.0845. The summed E-state index contributed by atoms with van der Waals surface area (Å²) in [6.07, 6.45) is 0. The number of sulfone groups is 1. The number of nitrogens with two attached hydrogens (primary N) is 1. The first-order valence-electron chi connectivity index (χ1n) is 6.43. The average molecular weight is 299 g/mol. The minimum Gasteiger partial charge on any atom is -0.409 e. The highest BCUT2D eigenvalue weighted by molar-refractivity contribution is 7.91. The van der Waals surface area contributed by atoms with Gasteiger partial charge in [-0.1, -0.05) is 42.4 Å².